The van der Waals surface area contributed by atoms with Crippen LogP contribution in [0.1, 0.15) is 12.8 Å². The van der Waals surface area contributed by atoms with E-state index in [1.54, 1.807) is 0 Å². The highest BCUT2D eigenvalue weighted by Crippen LogP contribution is 2.19. The summed E-state index contributed by atoms with van der Waals surface area (Å²) in [5, 5.41) is 8.22. The standard InChI is InChI=1S/C10H19NO6S/c1-16-7-4-11(8-10(12)13)18(14,15)9-2-5-17-6-3-9/h9H,2-8H2,1H3,(H,12,13). The largest absolute Gasteiger partial charge is 0.480 e. The van der Waals surface area contributed by atoms with Gasteiger partial charge in [-0.25, -0.2) is 8.42 Å². The van der Waals surface area contributed by atoms with E-state index in [-0.39, 0.29) is 13.2 Å². The van der Waals surface area contributed by atoms with Crippen molar-refractivity contribution in [3.05, 3.63) is 0 Å². The summed E-state index contributed by atoms with van der Waals surface area (Å²) < 4.78 is 35.5. The first-order valence-corrected chi connectivity index (χ1v) is 7.26. The fraction of sp³-hybridized carbons (Fsp3) is 0.900. The predicted molar refractivity (Wildman–Crippen MR) is 63.8 cm³/mol. The lowest BCUT2D eigenvalue weighted by molar-refractivity contribution is -0.137. The first kappa shape index (κ1) is 15.4. The van der Waals surface area contributed by atoms with E-state index < -0.39 is 27.8 Å². The van der Waals surface area contributed by atoms with Gasteiger partial charge in [0.25, 0.3) is 0 Å². The zero-order chi connectivity index (χ0) is 13.6. The summed E-state index contributed by atoms with van der Waals surface area (Å²) in [4.78, 5) is 10.7. The number of sulfonamides is 1. The van der Waals surface area contributed by atoms with Gasteiger partial charge in [0.05, 0.1) is 11.9 Å². The third-order valence-corrected chi connectivity index (χ3v) is 5.15. The zero-order valence-corrected chi connectivity index (χ0v) is 11.2. The van der Waals surface area contributed by atoms with Gasteiger partial charge in [0.15, 0.2) is 0 Å². The van der Waals surface area contributed by atoms with Crippen molar-refractivity contribution in [1.29, 1.82) is 0 Å². The molecule has 18 heavy (non-hydrogen) atoms. The van der Waals surface area contributed by atoms with Gasteiger partial charge in [0.2, 0.25) is 10.0 Å². The van der Waals surface area contributed by atoms with Crippen LogP contribution in [-0.2, 0) is 24.3 Å². The van der Waals surface area contributed by atoms with E-state index in [1.165, 1.54) is 7.11 Å². The Morgan fingerprint density at radius 1 is 1.44 bits per heavy atom. The zero-order valence-electron chi connectivity index (χ0n) is 10.4. The van der Waals surface area contributed by atoms with Crippen LogP contribution in [0.15, 0.2) is 0 Å². The Hall–Kier alpha value is -0.700. The quantitative estimate of drug-likeness (QED) is 0.678. The van der Waals surface area contributed by atoms with E-state index in [0.29, 0.717) is 26.1 Å². The van der Waals surface area contributed by atoms with Gasteiger partial charge in [-0.15, -0.1) is 0 Å². The number of hydrogen-bond donors (Lipinski definition) is 1. The summed E-state index contributed by atoms with van der Waals surface area (Å²) in [5.41, 5.74) is 0. The van der Waals surface area contributed by atoms with Gasteiger partial charge in [-0.05, 0) is 12.8 Å². The average Bonchev–Trinajstić information content (AvgIpc) is 2.35. The lowest BCUT2D eigenvalue weighted by Gasteiger charge is -2.28. The van der Waals surface area contributed by atoms with Gasteiger partial charge >= 0.3 is 5.97 Å². The summed E-state index contributed by atoms with van der Waals surface area (Å²) in [6.45, 7) is 0.505. The third kappa shape index (κ3) is 4.20. The number of carboxylic acids is 1. The molecule has 1 rings (SSSR count). The smallest absolute Gasteiger partial charge is 0.318 e. The molecule has 8 heteroatoms. The number of ether oxygens (including phenoxy) is 2. The molecule has 106 valence electrons. The molecule has 0 amide bonds. The minimum absolute atomic E-state index is 0.0580. The summed E-state index contributed by atoms with van der Waals surface area (Å²) >= 11 is 0. The van der Waals surface area contributed by atoms with Gasteiger partial charge < -0.3 is 14.6 Å². The molecule has 0 saturated carbocycles. The van der Waals surface area contributed by atoms with Crippen molar-refractivity contribution in [1.82, 2.24) is 4.31 Å². The number of nitrogens with zero attached hydrogens (tertiary/aromatic N) is 1. The Kier molecular flexibility index (Phi) is 6.00. The second kappa shape index (κ2) is 7.03. The maximum absolute atomic E-state index is 12.3. The number of rotatable bonds is 7. The number of carbonyl (C=O) groups is 1. The second-order valence-corrected chi connectivity index (χ2v) is 6.29. The Bertz CT molecular complexity index is 363. The summed E-state index contributed by atoms with van der Waals surface area (Å²) in [6.07, 6.45) is 0.816. The minimum atomic E-state index is -3.60. The Labute approximate surface area is 107 Å². The van der Waals surface area contributed by atoms with Gasteiger partial charge in [-0.1, -0.05) is 0 Å². The fourth-order valence-corrected chi connectivity index (χ4v) is 3.65. The molecule has 0 bridgehead atoms. The molecule has 0 aromatic rings. The van der Waals surface area contributed by atoms with Crippen LogP contribution in [0.25, 0.3) is 0 Å². The molecule has 1 saturated heterocycles. The van der Waals surface area contributed by atoms with Gasteiger partial charge in [0, 0.05) is 26.9 Å². The van der Waals surface area contributed by atoms with Crippen LogP contribution in [0.4, 0.5) is 0 Å². The topological polar surface area (TPSA) is 93.1 Å². The lowest BCUT2D eigenvalue weighted by Crippen LogP contribution is -2.45. The molecule has 1 heterocycles. The van der Waals surface area contributed by atoms with Crippen molar-refractivity contribution in [2.24, 2.45) is 0 Å². The molecule has 0 spiro atoms. The monoisotopic (exact) mass is 281 g/mol. The van der Waals surface area contributed by atoms with E-state index in [2.05, 4.69) is 0 Å². The molecule has 1 aliphatic rings. The van der Waals surface area contributed by atoms with Crippen molar-refractivity contribution in [2.75, 3.05) is 40.0 Å². The van der Waals surface area contributed by atoms with Crippen molar-refractivity contribution in [3.8, 4) is 0 Å². The summed E-state index contributed by atoms with van der Waals surface area (Å²) in [6, 6.07) is 0. The van der Waals surface area contributed by atoms with Crippen LogP contribution in [-0.4, -0.2) is 69.1 Å². The molecule has 0 aromatic carbocycles. The highest BCUT2D eigenvalue weighted by molar-refractivity contribution is 7.89. The number of aliphatic carboxylic acids is 1. The maximum atomic E-state index is 12.3. The number of hydrogen-bond acceptors (Lipinski definition) is 5. The lowest BCUT2D eigenvalue weighted by atomic mass is 10.2. The summed E-state index contributed by atoms with van der Waals surface area (Å²) in [7, 11) is -2.15. The van der Waals surface area contributed by atoms with Crippen molar-refractivity contribution in [3.63, 3.8) is 0 Å². The highest BCUT2D eigenvalue weighted by atomic mass is 32.2. The van der Waals surface area contributed by atoms with E-state index in [4.69, 9.17) is 14.6 Å². The van der Waals surface area contributed by atoms with E-state index in [1.807, 2.05) is 0 Å². The minimum Gasteiger partial charge on any atom is -0.480 e. The van der Waals surface area contributed by atoms with E-state index >= 15 is 0 Å². The van der Waals surface area contributed by atoms with E-state index in [0.717, 1.165) is 4.31 Å². The molecule has 1 fully saturated rings. The van der Waals surface area contributed by atoms with Crippen molar-refractivity contribution >= 4 is 16.0 Å². The molecule has 0 aliphatic carbocycles. The Balaban J connectivity index is 2.76. The predicted octanol–water partition coefficient (Wildman–Crippen LogP) is -0.472. The summed E-state index contributed by atoms with van der Waals surface area (Å²) in [5.74, 6) is -1.17. The van der Waals surface area contributed by atoms with Gasteiger partial charge in [0.1, 0.15) is 6.54 Å². The fourth-order valence-electron chi connectivity index (χ4n) is 1.82. The molecule has 0 radical (unpaired) electrons. The Morgan fingerprint density at radius 2 is 2.06 bits per heavy atom. The number of carboxylic acid groups (broad SMARTS) is 1. The molecule has 0 unspecified atom stereocenters. The van der Waals surface area contributed by atoms with Crippen LogP contribution in [0.5, 0.6) is 0 Å². The van der Waals surface area contributed by atoms with Crippen LogP contribution >= 0.6 is 0 Å². The molecule has 0 atom stereocenters. The first-order valence-electron chi connectivity index (χ1n) is 5.76. The van der Waals surface area contributed by atoms with Crippen molar-refractivity contribution < 1.29 is 27.8 Å². The van der Waals surface area contributed by atoms with Gasteiger partial charge in [-0.3, -0.25) is 4.79 Å². The molecular weight excluding hydrogens is 262 g/mol. The number of methoxy groups -OCH3 is 1. The second-order valence-electron chi connectivity index (χ2n) is 4.08. The molecule has 0 aromatic heterocycles. The Morgan fingerprint density at radius 3 is 2.56 bits per heavy atom. The third-order valence-electron chi connectivity index (χ3n) is 2.81. The normalized spacial score (nSPS) is 18.1. The molecule has 1 aliphatic heterocycles. The van der Waals surface area contributed by atoms with Gasteiger partial charge in [-0.2, -0.15) is 4.31 Å². The maximum Gasteiger partial charge on any atom is 0.318 e. The average molecular weight is 281 g/mol. The molecule has 1 N–H and O–H groups in total. The van der Waals surface area contributed by atoms with Crippen molar-refractivity contribution in [2.45, 2.75) is 18.1 Å². The van der Waals surface area contributed by atoms with Crippen LogP contribution in [0.2, 0.25) is 0 Å². The SMILES string of the molecule is COCCN(CC(=O)O)S(=O)(=O)C1CCOCC1. The van der Waals surface area contributed by atoms with Crippen LogP contribution in [0, 0.1) is 0 Å². The molecule has 7 nitrogen and oxygen atoms in total. The highest BCUT2D eigenvalue weighted by Gasteiger charge is 2.34. The first-order chi connectivity index (χ1) is 8.48. The van der Waals surface area contributed by atoms with Crippen LogP contribution in [0.3, 0.4) is 0 Å². The molecular formula is C10H19NO6S. The van der Waals surface area contributed by atoms with E-state index in [9.17, 15) is 13.2 Å². The van der Waals surface area contributed by atoms with Crippen LogP contribution < -0.4 is 0 Å².